The summed E-state index contributed by atoms with van der Waals surface area (Å²) in [5.74, 6) is 0.578. The van der Waals surface area contributed by atoms with E-state index in [4.69, 9.17) is 10.5 Å². The molecule has 3 nitrogen and oxygen atoms in total. The molecule has 3 rings (SSSR count). The van der Waals surface area contributed by atoms with Gasteiger partial charge in [-0.05, 0) is 24.1 Å². The number of allylic oxidation sites excluding steroid dienone is 2. The minimum absolute atomic E-state index is 0.157. The van der Waals surface area contributed by atoms with Gasteiger partial charge in [-0.1, -0.05) is 18.2 Å². The molecule has 0 aromatic heterocycles. The molecule has 2 aliphatic rings. The van der Waals surface area contributed by atoms with Crippen molar-refractivity contribution >= 4 is 23.2 Å². The van der Waals surface area contributed by atoms with Crippen LogP contribution in [-0.4, -0.2) is 11.2 Å². The fourth-order valence-electron chi connectivity index (χ4n) is 2.08. The third-order valence-electron chi connectivity index (χ3n) is 2.90. The first-order chi connectivity index (χ1) is 8.25. The second kappa shape index (κ2) is 3.96. The fourth-order valence-corrected chi connectivity index (χ4v) is 3.22. The molecule has 2 aliphatic heterocycles. The highest BCUT2D eigenvalue weighted by molar-refractivity contribution is 8.05. The molecule has 0 bridgehead atoms. The lowest BCUT2D eigenvalue weighted by atomic mass is 10.00. The zero-order valence-corrected chi connectivity index (χ0v) is 9.87. The number of hydrogen-bond donors (Lipinski definition) is 1. The van der Waals surface area contributed by atoms with Crippen molar-refractivity contribution < 1.29 is 9.53 Å². The van der Waals surface area contributed by atoms with Crippen molar-refractivity contribution in [1.82, 2.24) is 0 Å². The summed E-state index contributed by atoms with van der Waals surface area (Å²) in [6, 6.07) is 7.85. The van der Waals surface area contributed by atoms with Gasteiger partial charge in [0, 0.05) is 10.5 Å². The maximum Gasteiger partial charge on any atom is 0.231 e. The number of rotatable bonds is 1. The minimum Gasteiger partial charge on any atom is -0.464 e. The van der Waals surface area contributed by atoms with Crippen LogP contribution < -0.4 is 10.5 Å². The SMILES string of the molecule is NC(=O)C1CC2=C(C=COc3ccccc32)S1. The molecule has 2 N–H and O–H groups in total. The smallest absolute Gasteiger partial charge is 0.231 e. The summed E-state index contributed by atoms with van der Waals surface area (Å²) in [7, 11) is 0. The van der Waals surface area contributed by atoms with E-state index in [0.29, 0.717) is 6.42 Å². The average Bonchev–Trinajstić information content (AvgIpc) is 2.67. The number of thioether (sulfide) groups is 1. The van der Waals surface area contributed by atoms with Crippen LogP contribution in [0.1, 0.15) is 12.0 Å². The number of carbonyl (C=O) groups is 1. The second-order valence-electron chi connectivity index (χ2n) is 3.97. The van der Waals surface area contributed by atoms with Crippen LogP contribution in [0.5, 0.6) is 5.75 Å². The van der Waals surface area contributed by atoms with Crippen LogP contribution in [-0.2, 0) is 4.79 Å². The fraction of sp³-hybridized carbons (Fsp3) is 0.154. The summed E-state index contributed by atoms with van der Waals surface area (Å²) in [6.07, 6.45) is 4.25. The molecule has 4 heteroatoms. The zero-order valence-electron chi connectivity index (χ0n) is 9.05. The Morgan fingerprint density at radius 3 is 3.06 bits per heavy atom. The molecule has 1 unspecified atom stereocenters. The first kappa shape index (κ1) is 10.5. The normalized spacial score (nSPS) is 21.5. The van der Waals surface area contributed by atoms with Crippen molar-refractivity contribution in [3.05, 3.63) is 47.1 Å². The summed E-state index contributed by atoms with van der Waals surface area (Å²) < 4.78 is 5.53. The van der Waals surface area contributed by atoms with Gasteiger partial charge in [0.2, 0.25) is 5.91 Å². The topological polar surface area (TPSA) is 52.3 Å². The molecule has 1 atom stereocenters. The Labute approximate surface area is 103 Å². The number of carbonyl (C=O) groups excluding carboxylic acids is 1. The lowest BCUT2D eigenvalue weighted by Crippen LogP contribution is -2.23. The van der Waals surface area contributed by atoms with Crippen LogP contribution in [0.15, 0.2) is 41.5 Å². The van der Waals surface area contributed by atoms with Crippen LogP contribution in [0, 0.1) is 0 Å². The highest BCUT2D eigenvalue weighted by Crippen LogP contribution is 2.46. The maximum absolute atomic E-state index is 11.3. The molecular weight excluding hydrogens is 234 g/mol. The Bertz CT molecular complexity index is 548. The van der Waals surface area contributed by atoms with Gasteiger partial charge in [0.05, 0.1) is 11.5 Å². The maximum atomic E-state index is 11.3. The number of nitrogens with two attached hydrogens (primary N) is 1. The molecule has 1 aromatic carbocycles. The van der Waals surface area contributed by atoms with Crippen molar-refractivity contribution in [2.24, 2.45) is 5.73 Å². The number of benzene rings is 1. The molecule has 17 heavy (non-hydrogen) atoms. The monoisotopic (exact) mass is 245 g/mol. The van der Waals surface area contributed by atoms with E-state index >= 15 is 0 Å². The lowest BCUT2D eigenvalue weighted by Gasteiger charge is -2.08. The highest BCUT2D eigenvalue weighted by atomic mass is 32.2. The van der Waals surface area contributed by atoms with Crippen molar-refractivity contribution in [3.8, 4) is 5.75 Å². The van der Waals surface area contributed by atoms with Gasteiger partial charge in [-0.15, -0.1) is 11.8 Å². The van der Waals surface area contributed by atoms with E-state index in [0.717, 1.165) is 21.8 Å². The van der Waals surface area contributed by atoms with E-state index in [2.05, 4.69) is 0 Å². The van der Waals surface area contributed by atoms with E-state index in [9.17, 15) is 4.79 Å². The lowest BCUT2D eigenvalue weighted by molar-refractivity contribution is -0.117. The van der Waals surface area contributed by atoms with Gasteiger partial charge in [-0.3, -0.25) is 4.79 Å². The predicted octanol–water partition coefficient (Wildman–Crippen LogP) is 2.29. The number of hydrogen-bond acceptors (Lipinski definition) is 3. The van der Waals surface area contributed by atoms with E-state index in [1.54, 1.807) is 6.26 Å². The predicted molar refractivity (Wildman–Crippen MR) is 68.3 cm³/mol. The molecule has 0 radical (unpaired) electrons. The van der Waals surface area contributed by atoms with Gasteiger partial charge in [-0.25, -0.2) is 0 Å². The molecule has 0 saturated carbocycles. The van der Waals surface area contributed by atoms with E-state index in [1.807, 2.05) is 30.3 Å². The quantitative estimate of drug-likeness (QED) is 0.826. The van der Waals surface area contributed by atoms with Crippen molar-refractivity contribution in [2.75, 3.05) is 0 Å². The molecule has 0 fully saturated rings. The Kier molecular flexibility index (Phi) is 2.44. The zero-order chi connectivity index (χ0) is 11.8. The molecular formula is C13H11NO2S. The van der Waals surface area contributed by atoms with Crippen LogP contribution in [0.2, 0.25) is 0 Å². The number of fused-ring (bicyclic) bond motifs is 2. The largest absolute Gasteiger partial charge is 0.464 e. The summed E-state index contributed by atoms with van der Waals surface area (Å²) in [4.78, 5) is 12.3. The molecule has 86 valence electrons. The molecule has 0 saturated heterocycles. The third kappa shape index (κ3) is 1.74. The Morgan fingerprint density at radius 2 is 2.24 bits per heavy atom. The Hall–Kier alpha value is -1.68. The molecule has 2 heterocycles. The van der Waals surface area contributed by atoms with Gasteiger partial charge in [0.1, 0.15) is 5.75 Å². The Balaban J connectivity index is 2.06. The summed E-state index contributed by atoms with van der Waals surface area (Å²) in [5.41, 5.74) is 7.58. The van der Waals surface area contributed by atoms with Crippen LogP contribution in [0.3, 0.4) is 0 Å². The number of ether oxygens (including phenoxy) is 1. The van der Waals surface area contributed by atoms with E-state index < -0.39 is 0 Å². The first-order valence-electron chi connectivity index (χ1n) is 5.37. The van der Waals surface area contributed by atoms with Crippen molar-refractivity contribution in [2.45, 2.75) is 11.7 Å². The minimum atomic E-state index is -0.255. The van der Waals surface area contributed by atoms with Crippen molar-refractivity contribution in [1.29, 1.82) is 0 Å². The van der Waals surface area contributed by atoms with Crippen molar-refractivity contribution in [3.63, 3.8) is 0 Å². The Morgan fingerprint density at radius 1 is 1.41 bits per heavy atom. The summed E-state index contributed by atoms with van der Waals surface area (Å²) in [6.45, 7) is 0. The highest BCUT2D eigenvalue weighted by Gasteiger charge is 2.30. The number of primary amides is 1. The van der Waals surface area contributed by atoms with E-state index in [-0.39, 0.29) is 11.2 Å². The third-order valence-corrected chi connectivity index (χ3v) is 4.22. The van der Waals surface area contributed by atoms with Gasteiger partial charge in [0.15, 0.2) is 0 Å². The summed E-state index contributed by atoms with van der Waals surface area (Å²) >= 11 is 1.52. The molecule has 1 aromatic rings. The molecule has 1 amide bonds. The van der Waals surface area contributed by atoms with Gasteiger partial charge < -0.3 is 10.5 Å². The second-order valence-corrected chi connectivity index (χ2v) is 5.22. The van der Waals surface area contributed by atoms with Crippen LogP contribution in [0.4, 0.5) is 0 Å². The van der Waals surface area contributed by atoms with Gasteiger partial charge in [-0.2, -0.15) is 0 Å². The standard InChI is InChI=1S/C13H11NO2S/c14-13(15)12-7-9-8-3-1-2-4-10(8)16-6-5-11(9)17-12/h1-6,12H,7H2,(H2,14,15). The van der Waals surface area contributed by atoms with Crippen LogP contribution in [0.25, 0.3) is 5.57 Å². The van der Waals surface area contributed by atoms with Gasteiger partial charge >= 0.3 is 0 Å². The first-order valence-corrected chi connectivity index (χ1v) is 6.25. The van der Waals surface area contributed by atoms with Gasteiger partial charge in [0.25, 0.3) is 0 Å². The van der Waals surface area contributed by atoms with Crippen LogP contribution >= 0.6 is 11.8 Å². The summed E-state index contributed by atoms with van der Waals surface area (Å²) in [5, 5.41) is -0.157. The molecule has 0 aliphatic carbocycles. The molecule has 0 spiro atoms. The number of amides is 1. The van der Waals surface area contributed by atoms with E-state index in [1.165, 1.54) is 11.8 Å². The number of para-hydroxylation sites is 1. The average molecular weight is 245 g/mol.